The molecule has 0 bridgehead atoms. The van der Waals surface area contributed by atoms with Gasteiger partial charge in [-0.2, -0.15) is 13.2 Å². The summed E-state index contributed by atoms with van der Waals surface area (Å²) in [5.41, 5.74) is 3.19. The van der Waals surface area contributed by atoms with E-state index in [0.29, 0.717) is 13.2 Å². The molecule has 1 heterocycles. The molecule has 1 aromatic carbocycles. The summed E-state index contributed by atoms with van der Waals surface area (Å²) in [5, 5.41) is 3.23. The van der Waals surface area contributed by atoms with Gasteiger partial charge in [-0.15, -0.1) is 0 Å². The summed E-state index contributed by atoms with van der Waals surface area (Å²) in [6.07, 6.45) is -3.38. The van der Waals surface area contributed by atoms with Crippen LogP contribution in [0.15, 0.2) is 18.2 Å². The minimum atomic E-state index is -4.29. The molecule has 1 aromatic rings. The molecule has 0 aliphatic carbocycles. The first kappa shape index (κ1) is 16.3. The van der Waals surface area contributed by atoms with E-state index >= 15 is 0 Å². The van der Waals surface area contributed by atoms with Crippen LogP contribution in [0.25, 0.3) is 0 Å². The lowest BCUT2D eigenvalue weighted by atomic mass is 10.0. The van der Waals surface area contributed by atoms with E-state index in [4.69, 9.17) is 9.47 Å². The fourth-order valence-corrected chi connectivity index (χ4v) is 2.29. The van der Waals surface area contributed by atoms with Crippen molar-refractivity contribution in [1.29, 1.82) is 0 Å². The van der Waals surface area contributed by atoms with E-state index in [0.717, 1.165) is 29.7 Å². The molecule has 0 saturated heterocycles. The third kappa shape index (κ3) is 4.98. The molecule has 0 spiro atoms. The highest BCUT2D eigenvalue weighted by Crippen LogP contribution is 2.25. The van der Waals surface area contributed by atoms with Crippen molar-refractivity contribution in [2.75, 3.05) is 19.8 Å². The van der Waals surface area contributed by atoms with Gasteiger partial charge in [0.05, 0.1) is 25.9 Å². The van der Waals surface area contributed by atoms with Gasteiger partial charge >= 0.3 is 6.18 Å². The average molecular weight is 303 g/mol. The molecule has 1 aliphatic rings. The third-order valence-corrected chi connectivity index (χ3v) is 3.34. The van der Waals surface area contributed by atoms with Gasteiger partial charge in [0.1, 0.15) is 6.61 Å². The Hall–Kier alpha value is -1.11. The zero-order chi connectivity index (χ0) is 15.3. The van der Waals surface area contributed by atoms with Crippen molar-refractivity contribution >= 4 is 0 Å². The van der Waals surface area contributed by atoms with E-state index in [-0.39, 0.29) is 12.6 Å². The van der Waals surface area contributed by atoms with Crippen molar-refractivity contribution in [2.45, 2.75) is 38.8 Å². The Balaban J connectivity index is 2.01. The highest BCUT2D eigenvalue weighted by Gasteiger charge is 2.28. The first-order valence-corrected chi connectivity index (χ1v) is 7.07. The SMILES string of the molecule is CCCNC(COCC(F)(F)F)c1ccc2c(c1)COC2. The topological polar surface area (TPSA) is 30.5 Å². The Morgan fingerprint density at radius 3 is 2.76 bits per heavy atom. The van der Waals surface area contributed by atoms with Crippen LogP contribution in [0.5, 0.6) is 0 Å². The van der Waals surface area contributed by atoms with Crippen LogP contribution >= 0.6 is 0 Å². The minimum absolute atomic E-state index is 0.000839. The van der Waals surface area contributed by atoms with Crippen molar-refractivity contribution in [3.05, 3.63) is 34.9 Å². The van der Waals surface area contributed by atoms with Gasteiger partial charge in [0.15, 0.2) is 0 Å². The highest BCUT2D eigenvalue weighted by molar-refractivity contribution is 5.34. The number of ether oxygens (including phenoxy) is 2. The molecule has 3 nitrogen and oxygen atoms in total. The Kier molecular flexibility index (Phi) is 5.61. The molecule has 21 heavy (non-hydrogen) atoms. The lowest BCUT2D eigenvalue weighted by Crippen LogP contribution is -2.28. The molecule has 2 rings (SSSR count). The van der Waals surface area contributed by atoms with Gasteiger partial charge in [-0.1, -0.05) is 25.1 Å². The molecule has 0 aromatic heterocycles. The second kappa shape index (κ2) is 7.24. The van der Waals surface area contributed by atoms with Gasteiger partial charge in [0.2, 0.25) is 0 Å². The lowest BCUT2D eigenvalue weighted by molar-refractivity contribution is -0.175. The summed E-state index contributed by atoms with van der Waals surface area (Å²) in [7, 11) is 0. The third-order valence-electron chi connectivity index (χ3n) is 3.34. The van der Waals surface area contributed by atoms with Gasteiger partial charge < -0.3 is 14.8 Å². The maximum atomic E-state index is 12.2. The summed E-state index contributed by atoms with van der Waals surface area (Å²) >= 11 is 0. The number of halogens is 3. The van der Waals surface area contributed by atoms with Crippen LogP contribution < -0.4 is 5.32 Å². The second-order valence-corrected chi connectivity index (χ2v) is 5.16. The number of fused-ring (bicyclic) bond motifs is 1. The predicted molar refractivity (Wildman–Crippen MR) is 72.8 cm³/mol. The van der Waals surface area contributed by atoms with Gasteiger partial charge in [0.25, 0.3) is 0 Å². The quantitative estimate of drug-likeness (QED) is 0.838. The molecule has 1 N–H and O–H groups in total. The van der Waals surface area contributed by atoms with Crippen molar-refractivity contribution in [3.8, 4) is 0 Å². The first-order valence-electron chi connectivity index (χ1n) is 7.07. The maximum absolute atomic E-state index is 12.2. The van der Waals surface area contributed by atoms with E-state index in [1.807, 2.05) is 25.1 Å². The largest absolute Gasteiger partial charge is 0.411 e. The van der Waals surface area contributed by atoms with E-state index in [2.05, 4.69) is 5.32 Å². The summed E-state index contributed by atoms with van der Waals surface area (Å²) in [5.74, 6) is 0. The normalized spacial score (nSPS) is 16.0. The van der Waals surface area contributed by atoms with Crippen LogP contribution in [0.1, 0.15) is 36.1 Å². The first-order chi connectivity index (χ1) is 9.99. The number of hydrogen-bond acceptors (Lipinski definition) is 3. The number of nitrogens with one attached hydrogen (secondary N) is 1. The zero-order valence-electron chi connectivity index (χ0n) is 12.0. The number of rotatable bonds is 7. The van der Waals surface area contributed by atoms with Crippen LogP contribution in [-0.2, 0) is 22.7 Å². The molecular formula is C15H20F3NO2. The smallest absolute Gasteiger partial charge is 0.372 e. The van der Waals surface area contributed by atoms with Crippen molar-refractivity contribution in [2.24, 2.45) is 0 Å². The molecule has 0 saturated carbocycles. The highest BCUT2D eigenvalue weighted by atomic mass is 19.4. The molecule has 0 fully saturated rings. The zero-order valence-corrected chi connectivity index (χ0v) is 12.0. The van der Waals surface area contributed by atoms with Crippen molar-refractivity contribution in [3.63, 3.8) is 0 Å². The Labute approximate surface area is 122 Å². The molecule has 0 radical (unpaired) electrons. The van der Waals surface area contributed by atoms with Crippen LogP contribution in [0.2, 0.25) is 0 Å². The Morgan fingerprint density at radius 2 is 2.05 bits per heavy atom. The monoisotopic (exact) mass is 303 g/mol. The van der Waals surface area contributed by atoms with Crippen LogP contribution in [0, 0.1) is 0 Å². The number of hydrogen-bond donors (Lipinski definition) is 1. The van der Waals surface area contributed by atoms with Gasteiger partial charge in [-0.05, 0) is 29.7 Å². The minimum Gasteiger partial charge on any atom is -0.372 e. The van der Waals surface area contributed by atoms with E-state index in [9.17, 15) is 13.2 Å². The Morgan fingerprint density at radius 1 is 1.29 bits per heavy atom. The molecule has 1 aliphatic heterocycles. The number of benzene rings is 1. The van der Waals surface area contributed by atoms with Gasteiger partial charge in [-0.3, -0.25) is 0 Å². The van der Waals surface area contributed by atoms with Crippen LogP contribution in [-0.4, -0.2) is 25.9 Å². The molecule has 6 heteroatoms. The lowest BCUT2D eigenvalue weighted by Gasteiger charge is -2.20. The summed E-state index contributed by atoms with van der Waals surface area (Å²) in [4.78, 5) is 0. The standard InChI is InChI=1S/C15H20F3NO2/c1-2-5-19-14(9-21-10-15(16,17)18)11-3-4-12-7-20-8-13(12)6-11/h3-4,6,14,19H,2,5,7-10H2,1H3. The summed E-state index contributed by atoms with van der Waals surface area (Å²) < 4.78 is 46.7. The van der Waals surface area contributed by atoms with E-state index < -0.39 is 12.8 Å². The average Bonchev–Trinajstić information content (AvgIpc) is 2.88. The summed E-state index contributed by atoms with van der Waals surface area (Å²) in [6.45, 7) is 2.69. The fourth-order valence-electron chi connectivity index (χ4n) is 2.29. The Bertz CT molecular complexity index is 463. The van der Waals surface area contributed by atoms with E-state index in [1.165, 1.54) is 0 Å². The molecule has 1 unspecified atom stereocenters. The summed E-state index contributed by atoms with van der Waals surface area (Å²) in [6, 6.07) is 5.66. The van der Waals surface area contributed by atoms with Gasteiger partial charge in [-0.25, -0.2) is 0 Å². The fraction of sp³-hybridized carbons (Fsp3) is 0.600. The predicted octanol–water partition coefficient (Wildman–Crippen LogP) is 3.34. The van der Waals surface area contributed by atoms with Crippen molar-refractivity contribution in [1.82, 2.24) is 5.32 Å². The van der Waals surface area contributed by atoms with Crippen LogP contribution in [0.4, 0.5) is 13.2 Å². The molecule has 118 valence electrons. The second-order valence-electron chi connectivity index (χ2n) is 5.16. The molecule has 0 amide bonds. The molecule has 1 atom stereocenters. The van der Waals surface area contributed by atoms with Crippen LogP contribution in [0.3, 0.4) is 0 Å². The molecular weight excluding hydrogens is 283 g/mol. The maximum Gasteiger partial charge on any atom is 0.411 e. The van der Waals surface area contributed by atoms with Gasteiger partial charge in [0, 0.05) is 0 Å². The number of alkyl halides is 3. The van der Waals surface area contributed by atoms with Crippen molar-refractivity contribution < 1.29 is 22.6 Å². The van der Waals surface area contributed by atoms with E-state index in [1.54, 1.807) is 0 Å².